The Hall–Kier alpha value is -3.72. The van der Waals surface area contributed by atoms with Gasteiger partial charge in [0.15, 0.2) is 0 Å². The highest BCUT2D eigenvalue weighted by molar-refractivity contribution is 6.32. The molecule has 2 aromatic carbocycles. The molecule has 2 fully saturated rings. The van der Waals surface area contributed by atoms with Crippen molar-refractivity contribution in [3.8, 4) is 11.5 Å². The van der Waals surface area contributed by atoms with Gasteiger partial charge in [0.2, 0.25) is 17.7 Å². The van der Waals surface area contributed by atoms with Crippen molar-refractivity contribution in [2.75, 3.05) is 5.32 Å². The van der Waals surface area contributed by atoms with E-state index in [0.29, 0.717) is 34.5 Å². The summed E-state index contributed by atoms with van der Waals surface area (Å²) in [5.74, 6) is -0.578. The molecular weight excluding hydrogens is 482 g/mol. The zero-order chi connectivity index (χ0) is 25.2. The van der Waals surface area contributed by atoms with E-state index in [0.717, 1.165) is 35.1 Å². The van der Waals surface area contributed by atoms with Gasteiger partial charge < -0.3 is 14.6 Å². The van der Waals surface area contributed by atoms with E-state index in [-0.39, 0.29) is 24.8 Å². The second-order valence-corrected chi connectivity index (χ2v) is 10.2. The van der Waals surface area contributed by atoms with Crippen LogP contribution in [0.15, 0.2) is 34.7 Å². The Labute approximate surface area is 212 Å². The maximum atomic E-state index is 13.3. The number of halogens is 1. The number of hydrogen-bond donors (Lipinski definition) is 2. The SMILES string of the molecule is Cc1ccc(-c2nnc(NC3(c4cc(Cl)c5c(c4)C(=O)N(C4CCC(=O)NC4=O)C5)CC3)o2)c(C)c1. The van der Waals surface area contributed by atoms with Crippen LogP contribution in [-0.2, 0) is 21.7 Å². The molecule has 3 aliphatic rings. The second kappa shape index (κ2) is 8.16. The molecule has 36 heavy (non-hydrogen) atoms. The highest BCUT2D eigenvalue weighted by atomic mass is 35.5. The molecular formula is C26H24ClN5O4. The Morgan fingerprint density at radius 2 is 1.92 bits per heavy atom. The molecule has 1 atom stereocenters. The van der Waals surface area contributed by atoms with Crippen LogP contribution in [-0.4, -0.2) is 38.9 Å². The third-order valence-electron chi connectivity index (χ3n) is 7.29. The molecule has 1 unspecified atom stereocenters. The van der Waals surface area contributed by atoms with E-state index in [9.17, 15) is 14.4 Å². The van der Waals surface area contributed by atoms with Gasteiger partial charge in [-0.1, -0.05) is 34.4 Å². The molecule has 6 rings (SSSR count). The summed E-state index contributed by atoms with van der Waals surface area (Å²) in [7, 11) is 0. The van der Waals surface area contributed by atoms with E-state index in [1.165, 1.54) is 4.90 Å². The molecule has 3 amide bonds. The lowest BCUT2D eigenvalue weighted by atomic mass is 9.99. The molecule has 3 aromatic rings. The van der Waals surface area contributed by atoms with Crippen molar-refractivity contribution in [3.05, 3.63) is 63.2 Å². The molecule has 2 N–H and O–H groups in total. The third kappa shape index (κ3) is 3.74. The molecule has 0 spiro atoms. The molecule has 1 saturated heterocycles. The lowest BCUT2D eigenvalue weighted by Crippen LogP contribution is -2.52. The number of carbonyl (C=O) groups is 3. The van der Waals surface area contributed by atoms with Crippen LogP contribution in [0.25, 0.3) is 11.5 Å². The topological polar surface area (TPSA) is 117 Å². The van der Waals surface area contributed by atoms with Crippen molar-refractivity contribution in [1.82, 2.24) is 20.4 Å². The molecule has 184 valence electrons. The Bertz CT molecular complexity index is 1440. The van der Waals surface area contributed by atoms with E-state index >= 15 is 0 Å². The zero-order valence-electron chi connectivity index (χ0n) is 19.9. The fraction of sp³-hybridized carbons (Fsp3) is 0.346. The summed E-state index contributed by atoms with van der Waals surface area (Å²) < 4.78 is 5.94. The van der Waals surface area contributed by atoms with Crippen molar-refractivity contribution in [2.24, 2.45) is 0 Å². The molecule has 2 aliphatic heterocycles. The minimum absolute atomic E-state index is 0.205. The number of anilines is 1. The van der Waals surface area contributed by atoms with Crippen LogP contribution in [0.1, 0.15) is 58.3 Å². The Kier molecular flexibility index (Phi) is 5.15. The smallest absolute Gasteiger partial charge is 0.316 e. The quantitative estimate of drug-likeness (QED) is 0.505. The number of fused-ring (bicyclic) bond motifs is 1. The van der Waals surface area contributed by atoms with Gasteiger partial charge in [-0.15, -0.1) is 5.10 Å². The van der Waals surface area contributed by atoms with Crippen molar-refractivity contribution in [3.63, 3.8) is 0 Å². The first-order valence-corrected chi connectivity index (χ1v) is 12.3. The van der Waals surface area contributed by atoms with Crippen LogP contribution >= 0.6 is 11.6 Å². The molecule has 1 aliphatic carbocycles. The van der Waals surface area contributed by atoms with E-state index in [4.69, 9.17) is 16.0 Å². The van der Waals surface area contributed by atoms with E-state index in [1.54, 1.807) is 0 Å². The summed E-state index contributed by atoms with van der Waals surface area (Å²) in [6.07, 6.45) is 2.14. The van der Waals surface area contributed by atoms with Gasteiger partial charge >= 0.3 is 6.01 Å². The van der Waals surface area contributed by atoms with Gasteiger partial charge in [0.25, 0.3) is 5.91 Å². The molecule has 10 heteroatoms. The first kappa shape index (κ1) is 22.7. The maximum absolute atomic E-state index is 13.3. The third-order valence-corrected chi connectivity index (χ3v) is 7.62. The van der Waals surface area contributed by atoms with Crippen LogP contribution in [0.2, 0.25) is 5.02 Å². The van der Waals surface area contributed by atoms with Crippen LogP contribution in [0, 0.1) is 13.8 Å². The predicted molar refractivity (Wildman–Crippen MR) is 131 cm³/mol. The Morgan fingerprint density at radius 3 is 2.64 bits per heavy atom. The normalized spacial score (nSPS) is 20.4. The summed E-state index contributed by atoms with van der Waals surface area (Å²) in [6.45, 7) is 4.28. The number of imide groups is 1. The van der Waals surface area contributed by atoms with E-state index in [2.05, 4.69) is 26.9 Å². The molecule has 3 heterocycles. The summed E-state index contributed by atoms with van der Waals surface area (Å²) in [4.78, 5) is 38.7. The van der Waals surface area contributed by atoms with Crippen LogP contribution in [0.4, 0.5) is 6.01 Å². The van der Waals surface area contributed by atoms with Gasteiger partial charge in [0.1, 0.15) is 6.04 Å². The summed E-state index contributed by atoms with van der Waals surface area (Å²) in [6, 6.07) is 9.36. The van der Waals surface area contributed by atoms with Crippen molar-refractivity contribution >= 4 is 35.3 Å². The second-order valence-electron chi connectivity index (χ2n) is 9.82. The minimum atomic E-state index is -0.683. The summed E-state index contributed by atoms with van der Waals surface area (Å²) >= 11 is 6.64. The van der Waals surface area contributed by atoms with Gasteiger partial charge in [-0.2, -0.15) is 0 Å². The molecule has 0 radical (unpaired) electrons. The average Bonchev–Trinajstić information content (AvgIpc) is 3.34. The van der Waals surface area contributed by atoms with Crippen molar-refractivity contribution in [2.45, 2.75) is 57.7 Å². The summed E-state index contributed by atoms with van der Waals surface area (Å²) in [5.41, 5.74) is 4.66. The Balaban J connectivity index is 1.25. The number of rotatable bonds is 5. The molecule has 0 bridgehead atoms. The Morgan fingerprint density at radius 1 is 1.11 bits per heavy atom. The maximum Gasteiger partial charge on any atom is 0.316 e. The fourth-order valence-corrected chi connectivity index (χ4v) is 5.42. The number of nitrogens with one attached hydrogen (secondary N) is 2. The largest absolute Gasteiger partial charge is 0.403 e. The number of carbonyl (C=O) groups excluding carboxylic acids is 3. The number of benzene rings is 2. The first-order valence-electron chi connectivity index (χ1n) is 11.9. The molecule has 1 aromatic heterocycles. The monoisotopic (exact) mass is 505 g/mol. The van der Waals surface area contributed by atoms with Crippen LogP contribution in [0.3, 0.4) is 0 Å². The minimum Gasteiger partial charge on any atom is -0.403 e. The number of aromatic nitrogens is 2. The number of piperidine rings is 1. The molecule has 1 saturated carbocycles. The highest BCUT2D eigenvalue weighted by Crippen LogP contribution is 2.50. The van der Waals surface area contributed by atoms with Gasteiger partial charge in [-0.05, 0) is 62.4 Å². The van der Waals surface area contributed by atoms with Gasteiger partial charge in [0, 0.05) is 34.7 Å². The van der Waals surface area contributed by atoms with Crippen molar-refractivity contribution < 1.29 is 18.8 Å². The lowest BCUT2D eigenvalue weighted by molar-refractivity contribution is -0.136. The molecule has 9 nitrogen and oxygen atoms in total. The predicted octanol–water partition coefficient (Wildman–Crippen LogP) is 3.87. The lowest BCUT2D eigenvalue weighted by Gasteiger charge is -2.29. The zero-order valence-corrected chi connectivity index (χ0v) is 20.6. The van der Waals surface area contributed by atoms with Crippen molar-refractivity contribution in [1.29, 1.82) is 0 Å². The number of amides is 3. The van der Waals surface area contributed by atoms with Crippen LogP contribution < -0.4 is 10.6 Å². The number of hydrogen-bond acceptors (Lipinski definition) is 7. The summed E-state index contributed by atoms with van der Waals surface area (Å²) in [5, 5.41) is 14.6. The highest BCUT2D eigenvalue weighted by Gasteiger charge is 2.48. The van der Waals surface area contributed by atoms with Gasteiger partial charge in [-0.25, -0.2) is 0 Å². The van der Waals surface area contributed by atoms with E-state index < -0.39 is 17.5 Å². The van der Waals surface area contributed by atoms with Crippen LogP contribution in [0.5, 0.6) is 0 Å². The first-order chi connectivity index (χ1) is 17.2. The average molecular weight is 506 g/mol. The fourth-order valence-electron chi connectivity index (χ4n) is 5.14. The van der Waals surface area contributed by atoms with E-state index in [1.807, 2.05) is 38.1 Å². The number of aryl methyl sites for hydroxylation is 2. The van der Waals surface area contributed by atoms with Gasteiger partial charge in [-0.3, -0.25) is 19.7 Å². The standard InChI is InChI=1S/C26H24ClN5O4/c1-13-3-4-16(14(2)9-13)23-30-31-25(36-23)29-26(7-8-26)15-10-17-18(19(27)11-15)12-32(24(17)35)20-5-6-21(33)28-22(20)34/h3-4,9-11,20H,5-8,12H2,1-2H3,(H,29,31)(H,28,33,34). The number of nitrogens with zero attached hydrogens (tertiary/aromatic N) is 3. The van der Waals surface area contributed by atoms with Gasteiger partial charge in [0.05, 0.1) is 5.54 Å².